The summed E-state index contributed by atoms with van der Waals surface area (Å²) in [5.41, 5.74) is 0. The minimum Gasteiger partial charge on any atom is -0.492 e. The normalized spacial score (nSPS) is 15.5. The van der Waals surface area contributed by atoms with Gasteiger partial charge in [-0.3, -0.25) is 9.69 Å². The molecule has 3 amide bonds. The number of amides is 3. The summed E-state index contributed by atoms with van der Waals surface area (Å²) in [6.45, 7) is 0.889. The molecule has 1 N–H and O–H groups in total. The average molecular weight is 269 g/mol. The minimum absolute atomic E-state index is 0.173. The molecule has 0 unspecified atom stereocenters. The Morgan fingerprint density at radius 3 is 2.94 bits per heavy atom. The van der Waals surface area contributed by atoms with Gasteiger partial charge in [-0.15, -0.1) is 0 Å². The third kappa shape index (κ3) is 3.13. The Balaban J connectivity index is 1.84. The van der Waals surface area contributed by atoms with Gasteiger partial charge in [0, 0.05) is 18.0 Å². The predicted octanol–water partition coefficient (Wildman–Crippen LogP) is 1.66. The topological polar surface area (TPSA) is 58.6 Å². The molecule has 0 atom stereocenters. The van der Waals surface area contributed by atoms with Gasteiger partial charge in [-0.05, 0) is 18.2 Å². The SMILES string of the molecule is O=C1CCNC(=O)N1CCOc1cccc(Cl)c1. The van der Waals surface area contributed by atoms with Crippen LogP contribution in [0.15, 0.2) is 24.3 Å². The molecule has 1 heterocycles. The molecule has 0 spiro atoms. The highest BCUT2D eigenvalue weighted by Crippen LogP contribution is 2.17. The summed E-state index contributed by atoms with van der Waals surface area (Å²) in [4.78, 5) is 24.1. The monoisotopic (exact) mass is 268 g/mol. The number of benzene rings is 1. The molecule has 1 aromatic carbocycles. The van der Waals surface area contributed by atoms with Crippen molar-refractivity contribution in [1.82, 2.24) is 10.2 Å². The summed E-state index contributed by atoms with van der Waals surface area (Å²) in [5, 5.41) is 3.19. The Morgan fingerprint density at radius 1 is 1.39 bits per heavy atom. The Kier molecular flexibility index (Phi) is 4.04. The van der Waals surface area contributed by atoms with Gasteiger partial charge in [-0.1, -0.05) is 17.7 Å². The van der Waals surface area contributed by atoms with Crippen LogP contribution in [-0.4, -0.2) is 36.5 Å². The summed E-state index contributed by atoms with van der Waals surface area (Å²) in [7, 11) is 0. The smallest absolute Gasteiger partial charge is 0.324 e. The van der Waals surface area contributed by atoms with Crippen LogP contribution in [-0.2, 0) is 4.79 Å². The Bertz CT molecular complexity index is 448. The number of hydrogen-bond acceptors (Lipinski definition) is 3. The highest BCUT2D eigenvalue weighted by atomic mass is 35.5. The van der Waals surface area contributed by atoms with Crippen molar-refractivity contribution in [1.29, 1.82) is 0 Å². The zero-order valence-electron chi connectivity index (χ0n) is 9.69. The summed E-state index contributed by atoms with van der Waals surface area (Å²) in [6.07, 6.45) is 0.336. The molecule has 96 valence electrons. The van der Waals surface area contributed by atoms with Crippen LogP contribution in [0.4, 0.5) is 4.79 Å². The zero-order chi connectivity index (χ0) is 13.0. The van der Waals surface area contributed by atoms with Crippen LogP contribution in [0.25, 0.3) is 0 Å². The molecule has 0 saturated carbocycles. The largest absolute Gasteiger partial charge is 0.492 e. The quantitative estimate of drug-likeness (QED) is 0.903. The average Bonchev–Trinajstić information content (AvgIpc) is 2.33. The van der Waals surface area contributed by atoms with E-state index in [1.165, 1.54) is 0 Å². The summed E-state index contributed by atoms with van der Waals surface area (Å²) >= 11 is 5.81. The van der Waals surface area contributed by atoms with E-state index in [2.05, 4.69) is 5.32 Å². The first kappa shape index (κ1) is 12.7. The summed E-state index contributed by atoms with van der Waals surface area (Å²) in [5.74, 6) is 0.445. The van der Waals surface area contributed by atoms with Crippen molar-refractivity contribution in [2.45, 2.75) is 6.42 Å². The Labute approximate surface area is 110 Å². The van der Waals surface area contributed by atoms with E-state index in [-0.39, 0.29) is 25.1 Å². The lowest BCUT2D eigenvalue weighted by Crippen LogP contribution is -2.51. The van der Waals surface area contributed by atoms with Gasteiger partial charge in [-0.25, -0.2) is 4.79 Å². The lowest BCUT2D eigenvalue weighted by Gasteiger charge is -2.25. The number of ether oxygens (including phenoxy) is 1. The zero-order valence-corrected chi connectivity index (χ0v) is 10.4. The van der Waals surface area contributed by atoms with Gasteiger partial charge in [0.15, 0.2) is 0 Å². The van der Waals surface area contributed by atoms with Crippen molar-refractivity contribution < 1.29 is 14.3 Å². The number of imide groups is 1. The molecular formula is C12H13ClN2O3. The fraction of sp³-hybridized carbons (Fsp3) is 0.333. The molecule has 1 aliphatic rings. The van der Waals surface area contributed by atoms with Crippen LogP contribution in [0.5, 0.6) is 5.75 Å². The van der Waals surface area contributed by atoms with Crippen LogP contribution >= 0.6 is 11.6 Å². The van der Waals surface area contributed by atoms with Gasteiger partial charge in [0.05, 0.1) is 6.54 Å². The lowest BCUT2D eigenvalue weighted by molar-refractivity contribution is -0.129. The molecule has 1 aromatic rings. The number of halogens is 1. The Morgan fingerprint density at radius 2 is 2.22 bits per heavy atom. The minimum atomic E-state index is -0.360. The Hall–Kier alpha value is -1.75. The fourth-order valence-electron chi connectivity index (χ4n) is 1.66. The number of nitrogens with zero attached hydrogens (tertiary/aromatic N) is 1. The van der Waals surface area contributed by atoms with E-state index in [1.807, 2.05) is 0 Å². The van der Waals surface area contributed by atoms with Crippen LogP contribution in [0.2, 0.25) is 5.02 Å². The molecule has 0 aromatic heterocycles. The predicted molar refractivity (Wildman–Crippen MR) is 66.7 cm³/mol. The van der Waals surface area contributed by atoms with Gasteiger partial charge in [0.2, 0.25) is 5.91 Å². The molecule has 0 radical (unpaired) electrons. The second-order valence-electron chi connectivity index (χ2n) is 3.83. The first-order valence-corrected chi connectivity index (χ1v) is 6.01. The second-order valence-corrected chi connectivity index (χ2v) is 4.27. The third-order valence-electron chi connectivity index (χ3n) is 2.54. The lowest BCUT2D eigenvalue weighted by atomic mass is 10.3. The summed E-state index contributed by atoms with van der Waals surface area (Å²) < 4.78 is 5.43. The highest BCUT2D eigenvalue weighted by Gasteiger charge is 2.24. The van der Waals surface area contributed by atoms with Crippen molar-refractivity contribution in [3.05, 3.63) is 29.3 Å². The van der Waals surface area contributed by atoms with Crippen LogP contribution in [0, 0.1) is 0 Å². The molecule has 1 fully saturated rings. The van der Waals surface area contributed by atoms with Gasteiger partial charge in [-0.2, -0.15) is 0 Å². The van der Waals surface area contributed by atoms with Gasteiger partial charge >= 0.3 is 6.03 Å². The van der Waals surface area contributed by atoms with Crippen molar-refractivity contribution in [3.63, 3.8) is 0 Å². The van der Waals surface area contributed by atoms with Crippen LogP contribution in [0.3, 0.4) is 0 Å². The maximum absolute atomic E-state index is 11.5. The van der Waals surface area contributed by atoms with Gasteiger partial charge in [0.1, 0.15) is 12.4 Å². The van der Waals surface area contributed by atoms with Gasteiger partial charge in [0.25, 0.3) is 0 Å². The number of carbonyl (C=O) groups is 2. The van der Waals surface area contributed by atoms with Crippen molar-refractivity contribution in [2.75, 3.05) is 19.7 Å². The van der Waals surface area contributed by atoms with Crippen molar-refractivity contribution in [3.8, 4) is 5.75 Å². The number of urea groups is 1. The molecule has 6 heteroatoms. The van der Waals surface area contributed by atoms with E-state index < -0.39 is 0 Å². The van der Waals surface area contributed by atoms with E-state index in [4.69, 9.17) is 16.3 Å². The second kappa shape index (κ2) is 5.73. The number of carbonyl (C=O) groups excluding carboxylic acids is 2. The van der Waals surface area contributed by atoms with Crippen molar-refractivity contribution >= 4 is 23.5 Å². The van der Waals surface area contributed by atoms with Crippen LogP contribution < -0.4 is 10.1 Å². The van der Waals surface area contributed by atoms with E-state index in [9.17, 15) is 9.59 Å². The molecule has 1 saturated heterocycles. The number of rotatable bonds is 4. The first-order valence-electron chi connectivity index (χ1n) is 5.63. The first-order chi connectivity index (χ1) is 8.66. The highest BCUT2D eigenvalue weighted by molar-refractivity contribution is 6.30. The van der Waals surface area contributed by atoms with Crippen LogP contribution in [0.1, 0.15) is 6.42 Å². The molecular weight excluding hydrogens is 256 g/mol. The molecule has 0 bridgehead atoms. The molecule has 1 aliphatic heterocycles. The molecule has 0 aliphatic carbocycles. The maximum atomic E-state index is 11.5. The van der Waals surface area contributed by atoms with Gasteiger partial charge < -0.3 is 10.1 Å². The fourth-order valence-corrected chi connectivity index (χ4v) is 1.84. The standard InChI is InChI=1S/C12H13ClN2O3/c13-9-2-1-3-10(8-9)18-7-6-15-11(16)4-5-14-12(15)17/h1-3,8H,4-7H2,(H,14,17). The summed E-state index contributed by atoms with van der Waals surface area (Å²) in [6, 6.07) is 6.61. The molecule has 2 rings (SSSR count). The third-order valence-corrected chi connectivity index (χ3v) is 2.78. The number of hydrogen-bond donors (Lipinski definition) is 1. The van der Waals surface area contributed by atoms with E-state index in [0.717, 1.165) is 4.90 Å². The number of nitrogens with one attached hydrogen (secondary N) is 1. The maximum Gasteiger partial charge on any atom is 0.324 e. The van der Waals surface area contributed by atoms with E-state index >= 15 is 0 Å². The van der Waals surface area contributed by atoms with E-state index in [0.29, 0.717) is 23.7 Å². The van der Waals surface area contributed by atoms with Crippen molar-refractivity contribution in [2.24, 2.45) is 0 Å². The molecule has 5 nitrogen and oxygen atoms in total. The van der Waals surface area contributed by atoms with E-state index in [1.54, 1.807) is 24.3 Å². The molecule has 18 heavy (non-hydrogen) atoms.